The van der Waals surface area contributed by atoms with Crippen molar-refractivity contribution in [3.05, 3.63) is 54.4 Å². The van der Waals surface area contributed by atoms with Crippen molar-refractivity contribution in [1.29, 1.82) is 0 Å². The van der Waals surface area contributed by atoms with Gasteiger partial charge in [0.2, 0.25) is 5.91 Å². The number of aromatic nitrogens is 3. The second kappa shape index (κ2) is 7.48. The molecule has 1 amide bonds. The first kappa shape index (κ1) is 18.1. The predicted octanol–water partition coefficient (Wildman–Crippen LogP) is 4.38. The molecule has 1 aliphatic rings. The molecular formula is C22H23N5OS. The summed E-state index contributed by atoms with van der Waals surface area (Å²) in [4.78, 5) is 27.8. The number of nitrogens with one attached hydrogen (secondary N) is 2. The number of fused-ring (bicyclic) bond motifs is 2. The molecule has 6 nitrogen and oxygen atoms in total. The smallest absolute Gasteiger partial charge is 0.244 e. The number of hydrogen-bond acceptors (Lipinski definition) is 5. The molecule has 2 N–H and O–H groups in total. The molecule has 1 saturated heterocycles. The van der Waals surface area contributed by atoms with Crippen LogP contribution in [0.5, 0.6) is 0 Å². The average molecular weight is 406 g/mol. The van der Waals surface area contributed by atoms with Crippen LogP contribution in [0.3, 0.4) is 0 Å². The van der Waals surface area contributed by atoms with E-state index in [2.05, 4.69) is 15.3 Å². The van der Waals surface area contributed by atoms with Crippen molar-refractivity contribution in [3.63, 3.8) is 0 Å². The van der Waals surface area contributed by atoms with Gasteiger partial charge in [0.1, 0.15) is 11.9 Å². The third kappa shape index (κ3) is 3.58. The third-order valence-corrected chi connectivity index (χ3v) is 6.50. The fourth-order valence-electron chi connectivity index (χ4n) is 4.02. The number of nitrogens with zero attached hydrogens (tertiary/aromatic N) is 3. The lowest BCUT2D eigenvalue weighted by molar-refractivity contribution is -0.132. The summed E-state index contributed by atoms with van der Waals surface area (Å²) in [6.45, 7) is 3.41. The van der Waals surface area contributed by atoms with Gasteiger partial charge in [-0.05, 0) is 44.0 Å². The molecule has 0 bridgehead atoms. The molecule has 29 heavy (non-hydrogen) atoms. The third-order valence-electron chi connectivity index (χ3n) is 5.53. The summed E-state index contributed by atoms with van der Waals surface area (Å²) in [6.07, 6.45) is 2.03. The van der Waals surface area contributed by atoms with Crippen LogP contribution in [0.1, 0.15) is 31.5 Å². The zero-order valence-corrected chi connectivity index (χ0v) is 17.1. The standard InChI is InChI=1S/C22H23N5OS/c1-14(23-22-26-18-10-4-5-11-19(18)29-22)21(28)27-12-6-7-15(13-27)20-24-16-8-2-3-9-17(16)25-20/h2-5,8-11,14-15H,6-7,12-13H2,1H3,(H,23,26)(H,24,25). The fraction of sp³-hybridized carbons (Fsp3) is 0.318. The lowest BCUT2D eigenvalue weighted by Crippen LogP contribution is -2.46. The maximum absolute atomic E-state index is 13.1. The van der Waals surface area contributed by atoms with Crippen LogP contribution < -0.4 is 5.32 Å². The summed E-state index contributed by atoms with van der Waals surface area (Å²) in [5, 5.41) is 4.09. The Morgan fingerprint density at radius 1 is 1.17 bits per heavy atom. The molecule has 1 fully saturated rings. The zero-order chi connectivity index (χ0) is 19.8. The Morgan fingerprint density at radius 3 is 2.79 bits per heavy atom. The van der Waals surface area contributed by atoms with Crippen molar-refractivity contribution in [3.8, 4) is 0 Å². The molecule has 7 heteroatoms. The van der Waals surface area contributed by atoms with Gasteiger partial charge in [-0.2, -0.15) is 0 Å². The zero-order valence-electron chi connectivity index (χ0n) is 16.3. The molecule has 2 aromatic heterocycles. The molecule has 0 spiro atoms. The van der Waals surface area contributed by atoms with Crippen molar-refractivity contribution in [2.45, 2.75) is 31.7 Å². The van der Waals surface area contributed by atoms with Gasteiger partial charge in [-0.15, -0.1) is 0 Å². The number of aromatic amines is 1. The number of carbonyl (C=O) groups is 1. The minimum absolute atomic E-state index is 0.116. The fourth-order valence-corrected chi connectivity index (χ4v) is 4.97. The van der Waals surface area contributed by atoms with Gasteiger partial charge >= 0.3 is 0 Å². The Hall–Kier alpha value is -2.93. The number of thiazole rings is 1. The number of para-hydroxylation sites is 3. The van der Waals surface area contributed by atoms with E-state index >= 15 is 0 Å². The number of likely N-dealkylation sites (tertiary alicyclic amines) is 1. The van der Waals surface area contributed by atoms with Gasteiger partial charge in [-0.25, -0.2) is 9.97 Å². The lowest BCUT2D eigenvalue weighted by atomic mass is 9.97. The minimum atomic E-state index is -0.315. The number of amides is 1. The van der Waals surface area contributed by atoms with Crippen molar-refractivity contribution >= 4 is 43.6 Å². The molecule has 0 radical (unpaired) electrons. The van der Waals surface area contributed by atoms with Gasteiger partial charge < -0.3 is 15.2 Å². The lowest BCUT2D eigenvalue weighted by Gasteiger charge is -2.33. The second-order valence-corrected chi connectivity index (χ2v) is 8.65. The van der Waals surface area contributed by atoms with E-state index in [1.165, 1.54) is 0 Å². The Balaban J connectivity index is 1.28. The van der Waals surface area contributed by atoms with Crippen molar-refractivity contribution in [2.75, 3.05) is 18.4 Å². The number of anilines is 1. The van der Waals surface area contributed by atoms with E-state index in [9.17, 15) is 4.79 Å². The Bertz CT molecular complexity index is 1100. The van der Waals surface area contributed by atoms with Crippen LogP contribution in [0.4, 0.5) is 5.13 Å². The van der Waals surface area contributed by atoms with Crippen molar-refractivity contribution in [1.82, 2.24) is 19.9 Å². The second-order valence-electron chi connectivity index (χ2n) is 7.62. The van der Waals surface area contributed by atoms with E-state index in [0.717, 1.165) is 51.6 Å². The number of imidazole rings is 1. The Kier molecular flexibility index (Phi) is 4.67. The van der Waals surface area contributed by atoms with E-state index in [0.29, 0.717) is 6.54 Å². The van der Waals surface area contributed by atoms with E-state index in [1.807, 2.05) is 60.4 Å². The van der Waals surface area contributed by atoms with Gasteiger partial charge in [0.05, 0.1) is 21.3 Å². The van der Waals surface area contributed by atoms with Gasteiger partial charge in [-0.3, -0.25) is 4.79 Å². The molecule has 2 unspecified atom stereocenters. The van der Waals surface area contributed by atoms with Crippen LogP contribution >= 0.6 is 11.3 Å². The van der Waals surface area contributed by atoms with E-state index < -0.39 is 0 Å². The van der Waals surface area contributed by atoms with Gasteiger partial charge in [0.25, 0.3) is 0 Å². The van der Waals surface area contributed by atoms with Crippen LogP contribution in [0.25, 0.3) is 21.3 Å². The highest BCUT2D eigenvalue weighted by atomic mass is 32.1. The van der Waals surface area contributed by atoms with Crippen LogP contribution in [-0.2, 0) is 4.79 Å². The van der Waals surface area contributed by atoms with Gasteiger partial charge in [-0.1, -0.05) is 35.6 Å². The summed E-state index contributed by atoms with van der Waals surface area (Å²) in [6, 6.07) is 15.8. The maximum atomic E-state index is 13.1. The monoisotopic (exact) mass is 405 g/mol. The van der Waals surface area contributed by atoms with Crippen molar-refractivity contribution < 1.29 is 4.79 Å². The van der Waals surface area contributed by atoms with Gasteiger partial charge in [0.15, 0.2) is 5.13 Å². The summed E-state index contributed by atoms with van der Waals surface area (Å²) < 4.78 is 1.12. The highest BCUT2D eigenvalue weighted by Gasteiger charge is 2.29. The number of benzene rings is 2. The molecule has 1 aliphatic heterocycles. The first-order chi connectivity index (χ1) is 14.2. The molecule has 2 atom stereocenters. The molecular weight excluding hydrogens is 382 g/mol. The number of rotatable bonds is 4. The molecule has 0 saturated carbocycles. The summed E-state index contributed by atoms with van der Waals surface area (Å²) >= 11 is 1.58. The Morgan fingerprint density at radius 2 is 1.97 bits per heavy atom. The summed E-state index contributed by atoms with van der Waals surface area (Å²) in [5.41, 5.74) is 3.00. The molecule has 2 aromatic carbocycles. The summed E-state index contributed by atoms with van der Waals surface area (Å²) in [7, 11) is 0. The van der Waals surface area contributed by atoms with Crippen LogP contribution in [0.2, 0.25) is 0 Å². The quantitative estimate of drug-likeness (QED) is 0.528. The molecule has 148 valence electrons. The number of piperidine rings is 1. The van der Waals surface area contributed by atoms with Crippen molar-refractivity contribution in [2.24, 2.45) is 0 Å². The predicted molar refractivity (Wildman–Crippen MR) is 117 cm³/mol. The minimum Gasteiger partial charge on any atom is -0.350 e. The molecule has 4 aromatic rings. The SMILES string of the molecule is CC(Nc1nc2ccccc2s1)C(=O)N1CCCC(c2nc3ccccc3[nH]2)C1. The molecule has 0 aliphatic carbocycles. The number of hydrogen-bond donors (Lipinski definition) is 2. The topological polar surface area (TPSA) is 73.9 Å². The highest BCUT2D eigenvalue weighted by molar-refractivity contribution is 7.22. The first-order valence-electron chi connectivity index (χ1n) is 10.0. The van der Waals surface area contributed by atoms with Crippen LogP contribution in [-0.4, -0.2) is 44.9 Å². The van der Waals surface area contributed by atoms with Gasteiger partial charge in [0, 0.05) is 19.0 Å². The van der Waals surface area contributed by atoms with E-state index in [4.69, 9.17) is 4.98 Å². The largest absolute Gasteiger partial charge is 0.350 e. The Labute approximate surface area is 173 Å². The molecule has 3 heterocycles. The summed E-state index contributed by atoms with van der Waals surface area (Å²) in [5.74, 6) is 1.34. The molecule has 5 rings (SSSR count). The normalized spacial score (nSPS) is 18.2. The highest BCUT2D eigenvalue weighted by Crippen LogP contribution is 2.28. The van der Waals surface area contributed by atoms with Crippen LogP contribution in [0.15, 0.2) is 48.5 Å². The van der Waals surface area contributed by atoms with E-state index in [1.54, 1.807) is 11.3 Å². The average Bonchev–Trinajstić information content (AvgIpc) is 3.36. The maximum Gasteiger partial charge on any atom is 0.244 e. The van der Waals surface area contributed by atoms with E-state index in [-0.39, 0.29) is 17.9 Å². The number of carbonyl (C=O) groups excluding carboxylic acids is 1. The van der Waals surface area contributed by atoms with Crippen LogP contribution in [0, 0.1) is 0 Å². The first-order valence-corrected chi connectivity index (χ1v) is 10.8. The number of H-pyrrole nitrogens is 1.